The summed E-state index contributed by atoms with van der Waals surface area (Å²) in [5.41, 5.74) is 7.87. The summed E-state index contributed by atoms with van der Waals surface area (Å²) in [5.74, 6) is 0.461. The molecular formula is C14H21N3O2. The van der Waals surface area contributed by atoms with Crippen LogP contribution in [0.5, 0.6) is 0 Å². The van der Waals surface area contributed by atoms with Crippen LogP contribution in [0.1, 0.15) is 31.7 Å². The van der Waals surface area contributed by atoms with Crippen LogP contribution in [0.25, 0.3) is 0 Å². The standard InChI is InChI=1S/C14H21N3O2/c1-10(2)11-5-4-6-12(9-11)17-14(15)16-8-7-13(18)19-3/h4-6,9-10H,7-8H2,1-3H3,(H3,15,16,17). The van der Waals surface area contributed by atoms with Gasteiger partial charge in [-0.05, 0) is 23.6 Å². The lowest BCUT2D eigenvalue weighted by atomic mass is 10.0. The molecular weight excluding hydrogens is 242 g/mol. The Bertz CT molecular complexity index is 456. The molecule has 0 saturated carbocycles. The molecule has 0 aliphatic rings. The number of nitrogens with two attached hydrogens (primary N) is 1. The number of rotatable bonds is 5. The van der Waals surface area contributed by atoms with Gasteiger partial charge in [-0.1, -0.05) is 26.0 Å². The molecule has 0 heterocycles. The number of methoxy groups -OCH3 is 1. The number of hydrogen-bond donors (Lipinski definition) is 2. The molecule has 0 saturated heterocycles. The second-order valence-electron chi connectivity index (χ2n) is 4.50. The van der Waals surface area contributed by atoms with E-state index >= 15 is 0 Å². The number of aliphatic imine (C=N–C) groups is 1. The molecule has 19 heavy (non-hydrogen) atoms. The molecule has 0 atom stereocenters. The number of ether oxygens (including phenoxy) is 1. The number of carbonyl (C=O) groups excluding carboxylic acids is 1. The van der Waals surface area contributed by atoms with Crippen molar-refractivity contribution in [2.75, 3.05) is 19.0 Å². The molecule has 0 aliphatic heterocycles. The summed E-state index contributed by atoms with van der Waals surface area (Å²) in [6, 6.07) is 8.00. The smallest absolute Gasteiger partial charge is 0.307 e. The van der Waals surface area contributed by atoms with Crippen LogP contribution < -0.4 is 11.1 Å². The summed E-state index contributed by atoms with van der Waals surface area (Å²) in [6.07, 6.45) is 0.227. The summed E-state index contributed by atoms with van der Waals surface area (Å²) >= 11 is 0. The van der Waals surface area contributed by atoms with Crippen molar-refractivity contribution in [2.45, 2.75) is 26.2 Å². The first kappa shape index (κ1) is 15.0. The number of esters is 1. The summed E-state index contributed by atoms with van der Waals surface area (Å²) in [6.45, 7) is 4.58. The Hall–Kier alpha value is -2.04. The van der Waals surface area contributed by atoms with E-state index in [4.69, 9.17) is 5.73 Å². The monoisotopic (exact) mass is 263 g/mol. The topological polar surface area (TPSA) is 76.7 Å². The van der Waals surface area contributed by atoms with E-state index in [0.29, 0.717) is 18.4 Å². The highest BCUT2D eigenvalue weighted by molar-refractivity contribution is 5.92. The fourth-order valence-electron chi connectivity index (χ4n) is 1.53. The van der Waals surface area contributed by atoms with Crippen LogP contribution in [0, 0.1) is 0 Å². The third-order valence-corrected chi connectivity index (χ3v) is 2.65. The largest absolute Gasteiger partial charge is 0.469 e. The van der Waals surface area contributed by atoms with Crippen LogP contribution >= 0.6 is 0 Å². The van der Waals surface area contributed by atoms with Crippen molar-refractivity contribution in [1.82, 2.24) is 0 Å². The SMILES string of the molecule is COC(=O)CCN=C(N)Nc1cccc(C(C)C)c1. The Morgan fingerprint density at radius 2 is 2.21 bits per heavy atom. The average Bonchev–Trinajstić information content (AvgIpc) is 2.38. The van der Waals surface area contributed by atoms with Gasteiger partial charge in [0.15, 0.2) is 5.96 Å². The Kier molecular flexibility index (Phi) is 5.85. The molecule has 104 valence electrons. The molecule has 0 aliphatic carbocycles. The molecule has 0 bridgehead atoms. The molecule has 0 unspecified atom stereocenters. The van der Waals surface area contributed by atoms with Crippen molar-refractivity contribution in [1.29, 1.82) is 0 Å². The van der Waals surface area contributed by atoms with Crippen molar-refractivity contribution in [2.24, 2.45) is 10.7 Å². The predicted octanol–water partition coefficient (Wildman–Crippen LogP) is 2.10. The molecule has 0 radical (unpaired) electrons. The molecule has 1 aromatic rings. The van der Waals surface area contributed by atoms with E-state index < -0.39 is 0 Å². The Morgan fingerprint density at radius 3 is 2.84 bits per heavy atom. The van der Waals surface area contributed by atoms with Crippen LogP contribution in [0.15, 0.2) is 29.3 Å². The van der Waals surface area contributed by atoms with Crippen molar-refractivity contribution in [3.63, 3.8) is 0 Å². The molecule has 1 aromatic carbocycles. The van der Waals surface area contributed by atoms with Crippen molar-refractivity contribution in [3.8, 4) is 0 Å². The van der Waals surface area contributed by atoms with Gasteiger partial charge in [0.25, 0.3) is 0 Å². The number of guanidine groups is 1. The average molecular weight is 263 g/mol. The van der Waals surface area contributed by atoms with Gasteiger partial charge < -0.3 is 15.8 Å². The first-order valence-electron chi connectivity index (χ1n) is 6.26. The number of nitrogens with one attached hydrogen (secondary N) is 1. The molecule has 0 spiro atoms. The van der Waals surface area contributed by atoms with E-state index in [0.717, 1.165) is 5.69 Å². The normalized spacial score (nSPS) is 11.5. The molecule has 1 rings (SSSR count). The van der Waals surface area contributed by atoms with Gasteiger partial charge in [0.1, 0.15) is 0 Å². The van der Waals surface area contributed by atoms with Gasteiger partial charge in [-0.3, -0.25) is 9.79 Å². The molecule has 0 amide bonds. The van der Waals surface area contributed by atoms with Crippen molar-refractivity contribution >= 4 is 17.6 Å². The minimum atomic E-state index is -0.293. The molecule has 0 aromatic heterocycles. The fourth-order valence-corrected chi connectivity index (χ4v) is 1.53. The van der Waals surface area contributed by atoms with Crippen LogP contribution in [0.3, 0.4) is 0 Å². The van der Waals surface area contributed by atoms with Gasteiger partial charge in [0.05, 0.1) is 20.1 Å². The zero-order chi connectivity index (χ0) is 14.3. The van der Waals surface area contributed by atoms with Crippen LogP contribution in [-0.4, -0.2) is 25.6 Å². The predicted molar refractivity (Wildman–Crippen MR) is 77.3 cm³/mol. The summed E-state index contributed by atoms with van der Waals surface area (Å²) in [4.78, 5) is 15.0. The maximum atomic E-state index is 10.9. The summed E-state index contributed by atoms with van der Waals surface area (Å²) in [7, 11) is 1.35. The van der Waals surface area contributed by atoms with Gasteiger partial charge in [-0.15, -0.1) is 0 Å². The Balaban J connectivity index is 2.56. The van der Waals surface area contributed by atoms with Gasteiger partial charge in [0.2, 0.25) is 0 Å². The zero-order valence-electron chi connectivity index (χ0n) is 11.6. The third-order valence-electron chi connectivity index (χ3n) is 2.65. The summed E-state index contributed by atoms with van der Waals surface area (Å²) < 4.78 is 4.52. The highest BCUT2D eigenvalue weighted by Gasteiger charge is 2.02. The quantitative estimate of drug-likeness (QED) is 0.484. The molecule has 3 N–H and O–H groups in total. The molecule has 0 fully saturated rings. The lowest BCUT2D eigenvalue weighted by molar-refractivity contribution is -0.140. The van der Waals surface area contributed by atoms with E-state index in [1.165, 1.54) is 12.7 Å². The van der Waals surface area contributed by atoms with E-state index in [1.807, 2.05) is 18.2 Å². The number of hydrogen-bond acceptors (Lipinski definition) is 3. The first-order chi connectivity index (χ1) is 9.02. The van der Waals surface area contributed by atoms with E-state index in [2.05, 4.69) is 35.0 Å². The summed E-state index contributed by atoms with van der Waals surface area (Å²) in [5, 5.41) is 3.00. The molecule has 5 heteroatoms. The van der Waals surface area contributed by atoms with Gasteiger partial charge in [-0.25, -0.2) is 0 Å². The number of benzene rings is 1. The van der Waals surface area contributed by atoms with Crippen LogP contribution in [0.2, 0.25) is 0 Å². The second-order valence-corrected chi connectivity index (χ2v) is 4.50. The molecule has 5 nitrogen and oxygen atoms in total. The van der Waals surface area contributed by atoms with Gasteiger partial charge in [0, 0.05) is 5.69 Å². The lowest BCUT2D eigenvalue weighted by Crippen LogP contribution is -2.23. The minimum absolute atomic E-state index is 0.227. The van der Waals surface area contributed by atoms with Crippen molar-refractivity contribution < 1.29 is 9.53 Å². The number of anilines is 1. The second kappa shape index (κ2) is 7.41. The number of nitrogens with zero attached hydrogens (tertiary/aromatic N) is 1. The zero-order valence-corrected chi connectivity index (χ0v) is 11.6. The fraction of sp³-hybridized carbons (Fsp3) is 0.429. The maximum Gasteiger partial charge on any atom is 0.307 e. The third kappa shape index (κ3) is 5.42. The van der Waals surface area contributed by atoms with Crippen LogP contribution in [0.4, 0.5) is 5.69 Å². The van der Waals surface area contributed by atoms with E-state index in [9.17, 15) is 4.79 Å². The van der Waals surface area contributed by atoms with E-state index in [1.54, 1.807) is 0 Å². The maximum absolute atomic E-state index is 10.9. The lowest BCUT2D eigenvalue weighted by Gasteiger charge is -2.09. The number of carbonyl (C=O) groups is 1. The highest BCUT2D eigenvalue weighted by Crippen LogP contribution is 2.18. The van der Waals surface area contributed by atoms with Crippen LogP contribution in [-0.2, 0) is 9.53 Å². The minimum Gasteiger partial charge on any atom is -0.469 e. The van der Waals surface area contributed by atoms with E-state index in [-0.39, 0.29) is 12.4 Å². The van der Waals surface area contributed by atoms with Gasteiger partial charge >= 0.3 is 5.97 Å². The van der Waals surface area contributed by atoms with Gasteiger partial charge in [-0.2, -0.15) is 0 Å². The Labute approximate surface area is 113 Å². The van der Waals surface area contributed by atoms with Crippen molar-refractivity contribution in [3.05, 3.63) is 29.8 Å². The first-order valence-corrected chi connectivity index (χ1v) is 6.26. The highest BCUT2D eigenvalue weighted by atomic mass is 16.5. The Morgan fingerprint density at radius 1 is 1.47 bits per heavy atom.